The Balaban J connectivity index is 1.41. The zero-order valence-electron chi connectivity index (χ0n) is 19.7. The Hall–Kier alpha value is -3.01. The zero-order valence-corrected chi connectivity index (χ0v) is 20.6. The fourth-order valence-corrected chi connectivity index (χ4v) is 5.50. The Bertz CT molecular complexity index is 1210. The van der Waals surface area contributed by atoms with Gasteiger partial charge in [0.25, 0.3) is 5.91 Å². The molecule has 2 aromatic rings. The van der Waals surface area contributed by atoms with Crippen molar-refractivity contribution in [3.8, 4) is 0 Å². The molecule has 36 heavy (non-hydrogen) atoms. The largest absolute Gasteiger partial charge is 0.433 e. The van der Waals surface area contributed by atoms with Crippen molar-refractivity contribution in [2.45, 2.75) is 50.2 Å². The van der Waals surface area contributed by atoms with Crippen molar-refractivity contribution in [1.29, 1.82) is 0 Å². The summed E-state index contributed by atoms with van der Waals surface area (Å²) in [5, 5.41) is 6.12. The molecule has 0 saturated carbocycles. The normalized spacial score (nSPS) is 22.8. The number of hydrogen-bond donors (Lipinski definition) is 3. The Kier molecular flexibility index (Phi) is 6.96. The van der Waals surface area contributed by atoms with E-state index >= 15 is 0 Å². The van der Waals surface area contributed by atoms with E-state index in [2.05, 4.69) is 33.1 Å². The molecule has 1 fully saturated rings. The summed E-state index contributed by atoms with van der Waals surface area (Å²) in [6, 6.07) is 8.88. The second-order valence-corrected chi connectivity index (χ2v) is 9.89. The lowest BCUT2D eigenvalue weighted by molar-refractivity contribution is -0.141. The van der Waals surface area contributed by atoms with Gasteiger partial charge in [-0.25, -0.2) is 4.98 Å². The van der Waals surface area contributed by atoms with Gasteiger partial charge in [-0.3, -0.25) is 9.78 Å². The predicted octanol–water partition coefficient (Wildman–Crippen LogP) is 4.71. The number of alkyl halides is 3. The molecule has 2 aliphatic heterocycles. The third kappa shape index (κ3) is 5.23. The fourth-order valence-electron chi connectivity index (χ4n) is 5.24. The summed E-state index contributed by atoms with van der Waals surface area (Å²) in [5.41, 5.74) is 1.58. The second-order valence-electron chi connectivity index (χ2n) is 9.37. The van der Waals surface area contributed by atoms with Crippen LogP contribution in [-0.2, 0) is 17.4 Å². The summed E-state index contributed by atoms with van der Waals surface area (Å²) in [6.45, 7) is 1.97. The molecule has 1 aliphatic carbocycles. The number of carbonyl (C=O) groups excluding carboxylic acids is 1. The SMILES string of the molecule is O=C1NC(S)NC(C2CC=C(c3cccnc3C(F)(F)F)CC2)=C1Cc1cccc(N2CCCC2)n1. The number of nitrogens with one attached hydrogen (secondary N) is 2. The van der Waals surface area contributed by atoms with E-state index in [0.717, 1.165) is 43.1 Å². The Morgan fingerprint density at radius 1 is 1.11 bits per heavy atom. The van der Waals surface area contributed by atoms with E-state index in [1.54, 1.807) is 0 Å². The highest BCUT2D eigenvalue weighted by molar-refractivity contribution is 7.80. The molecule has 2 atom stereocenters. The van der Waals surface area contributed by atoms with Gasteiger partial charge in [-0.15, -0.1) is 12.6 Å². The highest BCUT2D eigenvalue weighted by Crippen LogP contribution is 2.39. The highest BCUT2D eigenvalue weighted by Gasteiger charge is 2.37. The molecule has 190 valence electrons. The summed E-state index contributed by atoms with van der Waals surface area (Å²) in [6.07, 6.45) is 2.75. The third-order valence-electron chi connectivity index (χ3n) is 6.98. The molecular weight excluding hydrogens is 487 g/mol. The minimum Gasteiger partial charge on any atom is -0.360 e. The molecule has 1 amide bonds. The lowest BCUT2D eigenvalue weighted by Gasteiger charge is -2.33. The first kappa shape index (κ1) is 24.7. The quantitative estimate of drug-likeness (QED) is 0.504. The van der Waals surface area contributed by atoms with Gasteiger partial charge in [0.1, 0.15) is 11.3 Å². The number of halogens is 3. The Labute approximate surface area is 213 Å². The van der Waals surface area contributed by atoms with Crippen LogP contribution in [0.1, 0.15) is 49.1 Å². The monoisotopic (exact) mass is 515 g/mol. The number of aromatic nitrogens is 2. The fraction of sp³-hybridized carbons (Fsp3) is 0.423. The van der Waals surface area contributed by atoms with Crippen molar-refractivity contribution >= 4 is 29.9 Å². The maximum atomic E-state index is 13.5. The Morgan fingerprint density at radius 3 is 2.64 bits per heavy atom. The maximum Gasteiger partial charge on any atom is 0.433 e. The summed E-state index contributed by atoms with van der Waals surface area (Å²) >= 11 is 4.41. The highest BCUT2D eigenvalue weighted by atomic mass is 32.1. The molecule has 0 radical (unpaired) electrons. The van der Waals surface area contributed by atoms with Gasteiger partial charge < -0.3 is 15.5 Å². The second kappa shape index (κ2) is 10.2. The number of thiol groups is 1. The molecule has 6 nitrogen and oxygen atoms in total. The number of allylic oxidation sites excluding steroid dienone is 3. The summed E-state index contributed by atoms with van der Waals surface area (Å²) in [4.78, 5) is 23.6. The van der Waals surface area contributed by atoms with Crippen molar-refractivity contribution in [2.75, 3.05) is 18.0 Å². The maximum absolute atomic E-state index is 13.5. The van der Waals surface area contributed by atoms with Crippen LogP contribution in [0.25, 0.3) is 5.57 Å². The van der Waals surface area contributed by atoms with Gasteiger partial charge >= 0.3 is 6.18 Å². The molecule has 2 aromatic heterocycles. The van der Waals surface area contributed by atoms with E-state index in [1.807, 2.05) is 24.3 Å². The number of rotatable bonds is 5. The van der Waals surface area contributed by atoms with Crippen molar-refractivity contribution in [1.82, 2.24) is 20.6 Å². The molecule has 5 rings (SSSR count). The van der Waals surface area contributed by atoms with Gasteiger partial charge in [0.15, 0.2) is 5.69 Å². The van der Waals surface area contributed by atoms with Gasteiger partial charge in [0.2, 0.25) is 0 Å². The first-order chi connectivity index (χ1) is 17.3. The molecule has 10 heteroatoms. The van der Waals surface area contributed by atoms with Crippen LogP contribution < -0.4 is 15.5 Å². The summed E-state index contributed by atoms with van der Waals surface area (Å²) < 4.78 is 40.4. The van der Waals surface area contributed by atoms with Gasteiger partial charge in [-0.05, 0) is 55.9 Å². The molecule has 2 N–H and O–H groups in total. The predicted molar refractivity (Wildman–Crippen MR) is 135 cm³/mol. The first-order valence-electron chi connectivity index (χ1n) is 12.2. The van der Waals surface area contributed by atoms with E-state index in [1.165, 1.54) is 18.3 Å². The van der Waals surface area contributed by atoms with Crippen molar-refractivity contribution < 1.29 is 18.0 Å². The number of pyridine rings is 2. The van der Waals surface area contributed by atoms with Crippen LogP contribution in [0.3, 0.4) is 0 Å². The molecule has 3 aliphatic rings. The molecule has 4 heterocycles. The molecule has 2 unspecified atom stereocenters. The topological polar surface area (TPSA) is 70.2 Å². The molecular formula is C26H28F3N5OS. The first-order valence-corrected chi connectivity index (χ1v) is 12.7. The summed E-state index contributed by atoms with van der Waals surface area (Å²) in [5.74, 6) is 0.696. The smallest absolute Gasteiger partial charge is 0.360 e. The van der Waals surface area contributed by atoms with Gasteiger partial charge in [-0.2, -0.15) is 13.2 Å². The average Bonchev–Trinajstić information content (AvgIpc) is 3.41. The molecule has 1 saturated heterocycles. The van der Waals surface area contributed by atoms with Crippen LogP contribution in [0.2, 0.25) is 0 Å². The standard InChI is InChI=1S/C26H28F3N5OS/c27-26(28,29)23-19(6-4-12-30-23)16-8-10-17(11-9-16)22-20(24(35)33-25(36)32-22)15-18-5-3-7-21(31-18)34-13-1-2-14-34/h3-8,12,17,25,32,36H,1-2,9-11,13-15H2,(H,33,35). The zero-order chi connectivity index (χ0) is 25.3. The van der Waals surface area contributed by atoms with E-state index in [-0.39, 0.29) is 17.4 Å². The molecule has 0 aromatic carbocycles. The van der Waals surface area contributed by atoms with Crippen LogP contribution in [0.4, 0.5) is 19.0 Å². The van der Waals surface area contributed by atoms with E-state index < -0.39 is 17.4 Å². The molecule has 0 spiro atoms. The average molecular weight is 516 g/mol. The van der Waals surface area contributed by atoms with Crippen LogP contribution in [0.5, 0.6) is 0 Å². The minimum absolute atomic E-state index is 0.0303. The van der Waals surface area contributed by atoms with Crippen molar-refractivity contribution in [3.63, 3.8) is 0 Å². The van der Waals surface area contributed by atoms with E-state index in [4.69, 9.17) is 4.98 Å². The third-order valence-corrected chi connectivity index (χ3v) is 7.24. The number of carbonyl (C=O) groups is 1. The lowest BCUT2D eigenvalue weighted by Crippen LogP contribution is -2.49. The number of hydrogen-bond acceptors (Lipinski definition) is 6. The van der Waals surface area contributed by atoms with E-state index in [0.29, 0.717) is 36.8 Å². The van der Waals surface area contributed by atoms with Crippen molar-refractivity contribution in [3.05, 3.63) is 70.8 Å². The van der Waals surface area contributed by atoms with Gasteiger partial charge in [-0.1, -0.05) is 18.2 Å². The Morgan fingerprint density at radius 2 is 1.92 bits per heavy atom. The van der Waals surface area contributed by atoms with Crippen LogP contribution >= 0.6 is 12.6 Å². The van der Waals surface area contributed by atoms with Gasteiger partial charge in [0.05, 0.1) is 0 Å². The number of anilines is 1. The van der Waals surface area contributed by atoms with Crippen molar-refractivity contribution in [2.24, 2.45) is 5.92 Å². The van der Waals surface area contributed by atoms with Crippen LogP contribution in [0.15, 0.2) is 53.9 Å². The van der Waals surface area contributed by atoms with Gasteiger partial charge in [0, 0.05) is 54.2 Å². The van der Waals surface area contributed by atoms with Crippen LogP contribution in [-0.4, -0.2) is 34.5 Å². The lowest BCUT2D eigenvalue weighted by atomic mass is 9.82. The molecule has 0 bridgehead atoms. The van der Waals surface area contributed by atoms with Crippen LogP contribution in [0, 0.1) is 5.92 Å². The summed E-state index contributed by atoms with van der Waals surface area (Å²) in [7, 11) is 0. The number of amides is 1. The number of nitrogens with zero attached hydrogens (tertiary/aromatic N) is 3. The van der Waals surface area contributed by atoms with E-state index in [9.17, 15) is 18.0 Å². The minimum atomic E-state index is -4.51.